The minimum atomic E-state index is -0.489. The first-order valence-corrected chi connectivity index (χ1v) is 6.38. The van der Waals surface area contributed by atoms with Crippen molar-refractivity contribution in [2.75, 3.05) is 13.1 Å². The smallest absolute Gasteiger partial charge is 0.410 e. The molecule has 0 saturated carbocycles. The van der Waals surface area contributed by atoms with Crippen LogP contribution in [0.1, 0.15) is 26.6 Å². The average molecular weight is 282 g/mol. The minimum Gasteiger partial charge on any atom is -0.444 e. The molecule has 6 heteroatoms. The van der Waals surface area contributed by atoms with E-state index in [2.05, 4.69) is 9.97 Å². The van der Waals surface area contributed by atoms with Crippen molar-refractivity contribution in [2.24, 2.45) is 0 Å². The van der Waals surface area contributed by atoms with Gasteiger partial charge in [0.05, 0.1) is 11.6 Å². The van der Waals surface area contributed by atoms with Gasteiger partial charge in [0.15, 0.2) is 5.82 Å². The Labute approximate surface area is 117 Å². The number of hydrogen-bond acceptors (Lipinski definition) is 4. The second kappa shape index (κ2) is 5.17. The summed E-state index contributed by atoms with van der Waals surface area (Å²) in [5.74, 6) is 0.593. The van der Waals surface area contributed by atoms with Crippen LogP contribution in [0.4, 0.5) is 4.79 Å². The van der Waals surface area contributed by atoms with Crippen LogP contribution in [0.15, 0.2) is 18.5 Å². The Balaban J connectivity index is 1.99. The fourth-order valence-corrected chi connectivity index (χ4v) is 1.76. The Kier molecular flexibility index (Phi) is 3.75. The quantitative estimate of drug-likeness (QED) is 0.794. The number of halogens is 1. The largest absolute Gasteiger partial charge is 0.444 e. The predicted octanol–water partition coefficient (Wildman–Crippen LogP) is 2.76. The molecular formula is C13H16ClN3O2. The lowest BCUT2D eigenvalue weighted by atomic mass is 10.2. The third kappa shape index (κ3) is 3.67. The molecule has 0 atom stereocenters. The van der Waals surface area contributed by atoms with Crippen LogP contribution in [0.2, 0.25) is 5.02 Å². The average Bonchev–Trinajstić information content (AvgIpc) is 2.77. The number of nitrogens with zero attached hydrogens (tertiary/aromatic N) is 3. The monoisotopic (exact) mass is 281 g/mol. The second-order valence-corrected chi connectivity index (χ2v) is 5.75. The molecule has 0 aliphatic carbocycles. The lowest BCUT2D eigenvalue weighted by Gasteiger charge is -2.24. The van der Waals surface area contributed by atoms with E-state index in [1.807, 2.05) is 26.8 Å². The van der Waals surface area contributed by atoms with E-state index >= 15 is 0 Å². The summed E-state index contributed by atoms with van der Waals surface area (Å²) < 4.78 is 5.32. The summed E-state index contributed by atoms with van der Waals surface area (Å²) in [6.07, 6.45) is 4.68. The summed E-state index contributed by atoms with van der Waals surface area (Å²) >= 11 is 5.74. The SMILES string of the molecule is CC(C)(C)OC(=O)N1CC=C(c2ncc(Cl)cn2)C1. The maximum absolute atomic E-state index is 11.9. The van der Waals surface area contributed by atoms with Crippen molar-refractivity contribution in [1.29, 1.82) is 0 Å². The Bertz CT molecular complexity index is 506. The van der Waals surface area contributed by atoms with Gasteiger partial charge in [-0.1, -0.05) is 17.7 Å². The molecule has 0 radical (unpaired) electrons. The molecule has 102 valence electrons. The van der Waals surface area contributed by atoms with E-state index in [1.165, 1.54) is 0 Å². The Hall–Kier alpha value is -1.62. The predicted molar refractivity (Wildman–Crippen MR) is 72.8 cm³/mol. The highest BCUT2D eigenvalue weighted by Gasteiger charge is 2.26. The molecule has 19 heavy (non-hydrogen) atoms. The summed E-state index contributed by atoms with van der Waals surface area (Å²) in [6.45, 7) is 6.50. The van der Waals surface area contributed by atoms with Crippen molar-refractivity contribution < 1.29 is 9.53 Å². The maximum Gasteiger partial charge on any atom is 0.410 e. The molecule has 2 rings (SSSR count). The van der Waals surface area contributed by atoms with Gasteiger partial charge in [-0.3, -0.25) is 0 Å². The molecule has 0 spiro atoms. The maximum atomic E-state index is 11.9. The summed E-state index contributed by atoms with van der Waals surface area (Å²) in [5.41, 5.74) is 0.416. The van der Waals surface area contributed by atoms with Crippen LogP contribution in [0.5, 0.6) is 0 Å². The summed E-state index contributed by atoms with van der Waals surface area (Å²) in [4.78, 5) is 21.8. The fraction of sp³-hybridized carbons (Fsp3) is 0.462. The zero-order chi connectivity index (χ0) is 14.0. The van der Waals surface area contributed by atoms with Crippen molar-refractivity contribution in [1.82, 2.24) is 14.9 Å². The summed E-state index contributed by atoms with van der Waals surface area (Å²) in [5, 5.41) is 0.492. The van der Waals surface area contributed by atoms with Crippen molar-refractivity contribution in [3.8, 4) is 0 Å². The molecule has 0 fully saturated rings. The molecule has 1 aliphatic rings. The molecule has 1 amide bonds. The highest BCUT2D eigenvalue weighted by molar-refractivity contribution is 6.30. The molecule has 0 unspecified atom stereocenters. The van der Waals surface area contributed by atoms with Gasteiger partial charge in [0.2, 0.25) is 0 Å². The number of ether oxygens (including phenoxy) is 1. The number of carbonyl (C=O) groups excluding carboxylic acids is 1. The first-order chi connectivity index (χ1) is 8.85. The van der Waals surface area contributed by atoms with Gasteiger partial charge < -0.3 is 9.64 Å². The van der Waals surface area contributed by atoms with Crippen LogP contribution >= 0.6 is 11.6 Å². The van der Waals surface area contributed by atoms with Crippen molar-refractivity contribution in [2.45, 2.75) is 26.4 Å². The molecule has 1 aromatic heterocycles. The molecule has 0 bridgehead atoms. The Morgan fingerprint density at radius 3 is 2.58 bits per heavy atom. The van der Waals surface area contributed by atoms with E-state index < -0.39 is 5.60 Å². The number of aromatic nitrogens is 2. The normalized spacial score (nSPS) is 15.4. The van der Waals surface area contributed by atoms with Gasteiger partial charge in [-0.2, -0.15) is 0 Å². The number of hydrogen-bond donors (Lipinski definition) is 0. The van der Waals surface area contributed by atoms with Crippen LogP contribution in [-0.2, 0) is 4.74 Å². The number of amides is 1. The highest BCUT2D eigenvalue weighted by atomic mass is 35.5. The second-order valence-electron chi connectivity index (χ2n) is 5.32. The van der Waals surface area contributed by atoms with Crippen LogP contribution in [0.25, 0.3) is 5.57 Å². The van der Waals surface area contributed by atoms with Gasteiger partial charge in [-0.15, -0.1) is 0 Å². The molecule has 1 aliphatic heterocycles. The molecular weight excluding hydrogens is 266 g/mol. The van der Waals surface area contributed by atoms with Crippen LogP contribution in [0, 0.1) is 0 Å². The lowest BCUT2D eigenvalue weighted by molar-refractivity contribution is 0.0306. The molecule has 0 aromatic carbocycles. The Morgan fingerprint density at radius 2 is 2.00 bits per heavy atom. The van der Waals surface area contributed by atoms with E-state index in [0.717, 1.165) is 5.57 Å². The molecule has 5 nitrogen and oxygen atoms in total. The molecule has 2 heterocycles. The van der Waals surface area contributed by atoms with Gasteiger partial charge in [0, 0.05) is 24.5 Å². The third-order valence-corrected chi connectivity index (χ3v) is 2.67. The van der Waals surface area contributed by atoms with E-state index in [4.69, 9.17) is 16.3 Å². The molecule has 0 N–H and O–H groups in total. The van der Waals surface area contributed by atoms with E-state index in [1.54, 1.807) is 17.3 Å². The first-order valence-electron chi connectivity index (χ1n) is 6.00. The van der Waals surface area contributed by atoms with Crippen LogP contribution in [0.3, 0.4) is 0 Å². The van der Waals surface area contributed by atoms with Crippen molar-refractivity contribution in [3.63, 3.8) is 0 Å². The van der Waals surface area contributed by atoms with Gasteiger partial charge in [0.25, 0.3) is 0 Å². The molecule has 0 saturated heterocycles. The van der Waals surface area contributed by atoms with Gasteiger partial charge in [-0.05, 0) is 20.8 Å². The summed E-state index contributed by atoms with van der Waals surface area (Å²) in [7, 11) is 0. The van der Waals surface area contributed by atoms with Crippen LogP contribution in [-0.4, -0.2) is 39.7 Å². The van der Waals surface area contributed by atoms with Crippen molar-refractivity contribution >= 4 is 23.3 Å². The molecule has 1 aromatic rings. The summed E-state index contributed by atoms with van der Waals surface area (Å²) in [6, 6.07) is 0. The van der Waals surface area contributed by atoms with E-state index in [9.17, 15) is 4.79 Å². The standard InChI is InChI=1S/C13H16ClN3O2/c1-13(2,3)19-12(18)17-5-4-9(8-17)11-15-6-10(14)7-16-11/h4,6-7H,5,8H2,1-3H3. The minimum absolute atomic E-state index is 0.326. The third-order valence-electron chi connectivity index (χ3n) is 2.48. The van der Waals surface area contributed by atoms with Crippen molar-refractivity contribution in [3.05, 3.63) is 29.3 Å². The lowest BCUT2D eigenvalue weighted by Crippen LogP contribution is -2.35. The van der Waals surface area contributed by atoms with E-state index in [0.29, 0.717) is 23.9 Å². The zero-order valence-corrected chi connectivity index (χ0v) is 11.9. The fourth-order valence-electron chi connectivity index (χ4n) is 1.66. The van der Waals surface area contributed by atoms with Gasteiger partial charge >= 0.3 is 6.09 Å². The highest BCUT2D eigenvalue weighted by Crippen LogP contribution is 2.20. The number of carbonyl (C=O) groups is 1. The van der Waals surface area contributed by atoms with Gasteiger partial charge in [-0.25, -0.2) is 14.8 Å². The zero-order valence-electron chi connectivity index (χ0n) is 11.2. The first kappa shape index (κ1) is 13.8. The van der Waals surface area contributed by atoms with Gasteiger partial charge in [0.1, 0.15) is 5.60 Å². The van der Waals surface area contributed by atoms with Crippen LogP contribution < -0.4 is 0 Å². The topological polar surface area (TPSA) is 55.3 Å². The van der Waals surface area contributed by atoms with E-state index in [-0.39, 0.29) is 6.09 Å². The number of rotatable bonds is 1. The Morgan fingerprint density at radius 1 is 1.37 bits per heavy atom.